The molecule has 7 nitrogen and oxygen atoms in total. The lowest BCUT2D eigenvalue weighted by molar-refractivity contribution is -0.123. The average molecular weight is 397 g/mol. The smallest absolute Gasteiger partial charge is 0.220 e. The molecule has 29 heavy (non-hydrogen) atoms. The van der Waals surface area contributed by atoms with Crippen molar-refractivity contribution < 1.29 is 19.1 Å². The topological polar surface area (TPSA) is 86.8 Å². The number of benzene rings is 1. The number of likely N-dealkylation sites (tertiary alicyclic amines) is 1. The Morgan fingerprint density at radius 1 is 1.07 bits per heavy atom. The van der Waals surface area contributed by atoms with E-state index in [9.17, 15) is 9.59 Å². The number of primary amides is 1. The first kappa shape index (κ1) is 19.5. The van der Waals surface area contributed by atoms with E-state index in [0.717, 1.165) is 60.1 Å². The van der Waals surface area contributed by atoms with Crippen molar-refractivity contribution in [3.8, 4) is 17.2 Å². The summed E-state index contributed by atoms with van der Waals surface area (Å²) in [6.07, 6.45) is 1.44. The van der Waals surface area contributed by atoms with Gasteiger partial charge in [-0.15, -0.1) is 0 Å². The Labute approximate surface area is 170 Å². The summed E-state index contributed by atoms with van der Waals surface area (Å²) < 4.78 is 13.4. The van der Waals surface area contributed by atoms with Gasteiger partial charge in [0.15, 0.2) is 17.3 Å². The summed E-state index contributed by atoms with van der Waals surface area (Å²) in [6.45, 7) is 6.87. The first-order valence-electron chi connectivity index (χ1n) is 10.1. The highest BCUT2D eigenvalue weighted by atomic mass is 16.6. The second-order valence-electron chi connectivity index (χ2n) is 7.82. The molecule has 0 bridgehead atoms. The Hall–Kier alpha value is -2.80. The number of ketones is 1. The molecule has 1 saturated heterocycles. The van der Waals surface area contributed by atoms with Gasteiger partial charge in [-0.3, -0.25) is 14.5 Å². The van der Waals surface area contributed by atoms with Gasteiger partial charge in [0, 0.05) is 34.6 Å². The van der Waals surface area contributed by atoms with Crippen LogP contribution in [0.2, 0.25) is 0 Å². The normalized spacial score (nSPS) is 17.3. The van der Waals surface area contributed by atoms with Crippen molar-refractivity contribution in [3.05, 3.63) is 41.2 Å². The lowest BCUT2D eigenvalue weighted by atomic mass is 9.96. The summed E-state index contributed by atoms with van der Waals surface area (Å²) in [5.41, 5.74) is 8.99. The molecule has 2 aromatic rings. The van der Waals surface area contributed by atoms with Gasteiger partial charge in [-0.1, -0.05) is 0 Å². The first-order valence-corrected chi connectivity index (χ1v) is 10.1. The maximum atomic E-state index is 13.0. The van der Waals surface area contributed by atoms with E-state index >= 15 is 0 Å². The number of carbonyl (C=O) groups excluding carboxylic acids is 2. The van der Waals surface area contributed by atoms with Crippen LogP contribution >= 0.6 is 0 Å². The van der Waals surface area contributed by atoms with Crippen LogP contribution in [0.3, 0.4) is 0 Å². The molecule has 0 atom stereocenters. The van der Waals surface area contributed by atoms with Crippen LogP contribution in [-0.4, -0.2) is 54.0 Å². The fourth-order valence-electron chi connectivity index (χ4n) is 4.28. The number of ether oxygens (including phenoxy) is 2. The molecule has 1 amide bonds. The number of fused-ring (bicyclic) bond motifs is 1. The number of aryl methyl sites for hydroxylation is 1. The second-order valence-corrected chi connectivity index (χ2v) is 7.82. The van der Waals surface area contributed by atoms with Crippen LogP contribution in [0.25, 0.3) is 5.69 Å². The number of amides is 1. The summed E-state index contributed by atoms with van der Waals surface area (Å²) in [5, 5.41) is 0. The van der Waals surface area contributed by atoms with Gasteiger partial charge >= 0.3 is 0 Å². The summed E-state index contributed by atoms with van der Waals surface area (Å²) >= 11 is 0. The lowest BCUT2D eigenvalue weighted by Gasteiger charge is -2.29. The molecule has 1 aromatic carbocycles. The summed E-state index contributed by atoms with van der Waals surface area (Å²) in [6, 6.07) is 7.80. The van der Waals surface area contributed by atoms with E-state index in [1.165, 1.54) is 0 Å². The molecule has 3 heterocycles. The van der Waals surface area contributed by atoms with Crippen molar-refractivity contribution in [2.75, 3.05) is 32.8 Å². The highest BCUT2D eigenvalue weighted by molar-refractivity contribution is 5.99. The van der Waals surface area contributed by atoms with Crippen LogP contribution in [-0.2, 0) is 4.79 Å². The van der Waals surface area contributed by atoms with Crippen LogP contribution in [0, 0.1) is 19.8 Å². The second kappa shape index (κ2) is 7.91. The van der Waals surface area contributed by atoms with Crippen LogP contribution in [0.4, 0.5) is 0 Å². The SMILES string of the molecule is Cc1cc(C(=O)CN2CCC(C(N)=O)CC2)c(C)n1-c1ccc2c(c1)OCCO2. The Kier molecular flexibility index (Phi) is 5.32. The van der Waals surface area contributed by atoms with Crippen molar-refractivity contribution in [2.45, 2.75) is 26.7 Å². The van der Waals surface area contributed by atoms with Crippen LogP contribution in [0.1, 0.15) is 34.6 Å². The highest BCUT2D eigenvalue weighted by Gasteiger charge is 2.26. The number of carbonyl (C=O) groups is 2. The monoisotopic (exact) mass is 397 g/mol. The number of hydrogen-bond acceptors (Lipinski definition) is 5. The number of rotatable bonds is 5. The van der Waals surface area contributed by atoms with Gasteiger partial charge in [-0.25, -0.2) is 0 Å². The largest absolute Gasteiger partial charge is 0.486 e. The van der Waals surface area contributed by atoms with E-state index in [4.69, 9.17) is 15.2 Å². The lowest BCUT2D eigenvalue weighted by Crippen LogP contribution is -2.40. The van der Waals surface area contributed by atoms with Gasteiger partial charge in [0.2, 0.25) is 5.91 Å². The standard InChI is InChI=1S/C22H27N3O4/c1-14-11-18(19(26)13-24-7-5-16(6-8-24)22(23)27)15(2)25(14)17-3-4-20-21(12-17)29-10-9-28-20/h3-4,11-12,16H,5-10,13H2,1-2H3,(H2,23,27). The maximum absolute atomic E-state index is 13.0. The molecule has 2 N–H and O–H groups in total. The first-order chi connectivity index (χ1) is 13.9. The van der Waals surface area contributed by atoms with Crippen molar-refractivity contribution in [1.82, 2.24) is 9.47 Å². The minimum absolute atomic E-state index is 0.0679. The van der Waals surface area contributed by atoms with Crippen molar-refractivity contribution in [3.63, 3.8) is 0 Å². The Bertz CT molecular complexity index is 942. The van der Waals surface area contributed by atoms with E-state index in [-0.39, 0.29) is 17.6 Å². The van der Waals surface area contributed by atoms with Crippen molar-refractivity contribution >= 4 is 11.7 Å². The third kappa shape index (κ3) is 3.87. The third-order valence-electron chi connectivity index (χ3n) is 5.87. The minimum atomic E-state index is -0.237. The Morgan fingerprint density at radius 2 is 1.76 bits per heavy atom. The van der Waals surface area contributed by atoms with E-state index < -0.39 is 0 Å². The minimum Gasteiger partial charge on any atom is -0.486 e. The third-order valence-corrected chi connectivity index (χ3v) is 5.87. The predicted molar refractivity (Wildman–Crippen MR) is 109 cm³/mol. The van der Waals surface area contributed by atoms with E-state index in [1.807, 2.05) is 38.1 Å². The van der Waals surface area contributed by atoms with Crippen LogP contribution in [0.15, 0.2) is 24.3 Å². The van der Waals surface area contributed by atoms with Crippen molar-refractivity contribution in [2.24, 2.45) is 11.7 Å². The Morgan fingerprint density at radius 3 is 2.45 bits per heavy atom. The molecule has 0 aliphatic carbocycles. The number of nitrogens with two attached hydrogens (primary N) is 1. The molecular formula is C22H27N3O4. The molecule has 0 unspecified atom stereocenters. The summed E-state index contributed by atoms with van der Waals surface area (Å²) in [7, 11) is 0. The van der Waals surface area contributed by atoms with Crippen LogP contribution in [0.5, 0.6) is 11.5 Å². The van der Waals surface area contributed by atoms with Gasteiger partial charge in [-0.2, -0.15) is 0 Å². The van der Waals surface area contributed by atoms with Crippen molar-refractivity contribution in [1.29, 1.82) is 0 Å². The van der Waals surface area contributed by atoms with Gasteiger partial charge < -0.3 is 19.8 Å². The summed E-state index contributed by atoms with van der Waals surface area (Å²) in [4.78, 5) is 26.4. The zero-order valence-corrected chi connectivity index (χ0v) is 16.9. The molecular weight excluding hydrogens is 370 g/mol. The molecule has 2 aliphatic rings. The number of hydrogen-bond donors (Lipinski definition) is 1. The van der Waals surface area contributed by atoms with E-state index in [2.05, 4.69) is 9.47 Å². The number of nitrogens with zero attached hydrogens (tertiary/aromatic N) is 2. The zero-order valence-electron chi connectivity index (χ0n) is 16.9. The Balaban J connectivity index is 1.51. The quantitative estimate of drug-likeness (QED) is 0.782. The number of piperidine rings is 1. The van der Waals surface area contributed by atoms with Gasteiger partial charge in [0.25, 0.3) is 0 Å². The van der Waals surface area contributed by atoms with Gasteiger partial charge in [0.1, 0.15) is 13.2 Å². The summed E-state index contributed by atoms with van der Waals surface area (Å²) in [5.74, 6) is 1.27. The molecule has 0 spiro atoms. The van der Waals surface area contributed by atoms with E-state index in [1.54, 1.807) is 0 Å². The van der Waals surface area contributed by atoms with Gasteiger partial charge in [0.05, 0.1) is 6.54 Å². The fourth-order valence-corrected chi connectivity index (χ4v) is 4.28. The maximum Gasteiger partial charge on any atom is 0.220 e. The molecule has 1 aromatic heterocycles. The molecule has 0 radical (unpaired) electrons. The molecule has 7 heteroatoms. The van der Waals surface area contributed by atoms with Crippen LogP contribution < -0.4 is 15.2 Å². The molecule has 2 aliphatic heterocycles. The fraction of sp³-hybridized carbons (Fsp3) is 0.455. The average Bonchev–Trinajstić information content (AvgIpc) is 3.02. The molecule has 4 rings (SSSR count). The van der Waals surface area contributed by atoms with E-state index in [0.29, 0.717) is 19.8 Å². The van der Waals surface area contributed by atoms with Gasteiger partial charge in [-0.05, 0) is 58.0 Å². The predicted octanol–water partition coefficient (Wildman–Crippen LogP) is 2.25. The molecule has 0 saturated carbocycles. The number of Topliss-reactive ketones (excluding diaryl/α,β-unsaturated/α-hetero) is 1. The number of aromatic nitrogens is 1. The molecule has 154 valence electrons. The zero-order chi connectivity index (χ0) is 20.5. The molecule has 1 fully saturated rings. The highest BCUT2D eigenvalue weighted by Crippen LogP contribution is 2.33.